The third-order valence-corrected chi connectivity index (χ3v) is 3.34. The van der Waals surface area contributed by atoms with Crippen LogP contribution in [0.4, 0.5) is 0 Å². The van der Waals surface area contributed by atoms with Crippen LogP contribution in [0.25, 0.3) is 0 Å². The van der Waals surface area contributed by atoms with E-state index in [1.165, 1.54) is 18.2 Å². The lowest BCUT2D eigenvalue weighted by Gasteiger charge is -2.20. The number of carboxylic acid groups (broad SMARTS) is 1. The van der Waals surface area contributed by atoms with Gasteiger partial charge < -0.3 is 21.1 Å². The fourth-order valence-electron chi connectivity index (χ4n) is 2.14. The van der Waals surface area contributed by atoms with Crippen LogP contribution in [0.2, 0.25) is 0 Å². The van der Waals surface area contributed by atoms with Gasteiger partial charge in [0.15, 0.2) is 0 Å². The number of aliphatic hydroxyl groups excluding tert-OH is 1. The van der Waals surface area contributed by atoms with E-state index in [0.717, 1.165) is 5.56 Å². The molecule has 0 aliphatic heterocycles. The zero-order chi connectivity index (χ0) is 15.4. The summed E-state index contributed by atoms with van der Waals surface area (Å²) < 4.78 is 0. The normalized spacial score (nSPS) is 13.6. The van der Waals surface area contributed by atoms with Crippen molar-refractivity contribution in [3.63, 3.8) is 0 Å². The summed E-state index contributed by atoms with van der Waals surface area (Å²) in [6.45, 7) is 0. The largest absolute Gasteiger partial charge is 0.507 e. The minimum Gasteiger partial charge on any atom is -0.507 e. The number of carboxylic acids is 1. The number of benzene rings is 2. The summed E-state index contributed by atoms with van der Waals surface area (Å²) in [7, 11) is 0. The summed E-state index contributed by atoms with van der Waals surface area (Å²) in [5, 5.41) is 28.6. The van der Waals surface area contributed by atoms with Crippen LogP contribution < -0.4 is 5.73 Å². The molecule has 2 aromatic carbocycles. The molecule has 5 heteroatoms. The van der Waals surface area contributed by atoms with Crippen molar-refractivity contribution < 1.29 is 20.1 Å². The SMILES string of the molecule is N[C@H](c1ccc(O)c(C(=O)O)c1)[C@@H](O)Cc1ccccc1. The first-order chi connectivity index (χ1) is 9.99. The van der Waals surface area contributed by atoms with Crippen LogP contribution in [0.5, 0.6) is 5.75 Å². The van der Waals surface area contributed by atoms with E-state index < -0.39 is 18.1 Å². The van der Waals surface area contributed by atoms with Gasteiger partial charge >= 0.3 is 5.97 Å². The van der Waals surface area contributed by atoms with E-state index in [1.54, 1.807) is 0 Å². The van der Waals surface area contributed by atoms with Crippen LogP contribution in [0.3, 0.4) is 0 Å². The molecule has 0 unspecified atom stereocenters. The molecule has 5 nitrogen and oxygen atoms in total. The Morgan fingerprint density at radius 3 is 2.43 bits per heavy atom. The Morgan fingerprint density at radius 2 is 1.81 bits per heavy atom. The molecule has 0 aliphatic carbocycles. The van der Waals surface area contributed by atoms with Gasteiger partial charge in [0.25, 0.3) is 0 Å². The molecule has 21 heavy (non-hydrogen) atoms. The van der Waals surface area contributed by atoms with Crippen LogP contribution in [-0.2, 0) is 6.42 Å². The Morgan fingerprint density at radius 1 is 1.14 bits per heavy atom. The van der Waals surface area contributed by atoms with Crippen LogP contribution in [0, 0.1) is 0 Å². The summed E-state index contributed by atoms with van der Waals surface area (Å²) >= 11 is 0. The molecule has 2 aromatic rings. The molecule has 0 saturated carbocycles. The number of aromatic carboxylic acids is 1. The molecule has 0 bridgehead atoms. The number of hydrogen-bond acceptors (Lipinski definition) is 4. The van der Waals surface area contributed by atoms with Gasteiger partial charge in [-0.2, -0.15) is 0 Å². The van der Waals surface area contributed by atoms with E-state index in [0.29, 0.717) is 12.0 Å². The van der Waals surface area contributed by atoms with E-state index in [1.807, 2.05) is 30.3 Å². The van der Waals surface area contributed by atoms with E-state index in [4.69, 9.17) is 10.8 Å². The highest BCUT2D eigenvalue weighted by Gasteiger charge is 2.20. The van der Waals surface area contributed by atoms with Crippen LogP contribution in [-0.4, -0.2) is 27.4 Å². The van der Waals surface area contributed by atoms with Crippen molar-refractivity contribution in [3.8, 4) is 5.75 Å². The minimum absolute atomic E-state index is 0.227. The lowest BCUT2D eigenvalue weighted by molar-refractivity contribution is 0.0693. The van der Waals surface area contributed by atoms with Crippen LogP contribution in [0.1, 0.15) is 27.5 Å². The van der Waals surface area contributed by atoms with Crippen molar-refractivity contribution in [2.45, 2.75) is 18.6 Å². The Hall–Kier alpha value is -2.37. The topological polar surface area (TPSA) is 104 Å². The van der Waals surface area contributed by atoms with Gasteiger partial charge in [-0.25, -0.2) is 4.79 Å². The quantitative estimate of drug-likeness (QED) is 0.670. The number of nitrogens with two attached hydrogens (primary N) is 1. The van der Waals surface area contributed by atoms with Crippen LogP contribution >= 0.6 is 0 Å². The summed E-state index contributed by atoms with van der Waals surface area (Å²) in [5.74, 6) is -1.56. The average Bonchev–Trinajstić information content (AvgIpc) is 2.47. The number of carbonyl (C=O) groups is 1. The van der Waals surface area contributed by atoms with Gasteiger partial charge in [-0.05, 0) is 23.3 Å². The smallest absolute Gasteiger partial charge is 0.339 e. The molecule has 0 saturated heterocycles. The Bertz CT molecular complexity index is 627. The molecule has 0 heterocycles. The van der Waals surface area contributed by atoms with Crippen molar-refractivity contribution in [1.29, 1.82) is 0 Å². The zero-order valence-corrected chi connectivity index (χ0v) is 11.3. The number of rotatable bonds is 5. The van der Waals surface area contributed by atoms with Crippen molar-refractivity contribution in [2.75, 3.05) is 0 Å². The van der Waals surface area contributed by atoms with Gasteiger partial charge in [0.05, 0.1) is 12.1 Å². The summed E-state index contributed by atoms with van der Waals surface area (Å²) in [6, 6.07) is 12.7. The first-order valence-corrected chi connectivity index (χ1v) is 6.53. The van der Waals surface area contributed by atoms with E-state index >= 15 is 0 Å². The molecule has 0 radical (unpaired) electrons. The molecular formula is C16H17NO4. The Balaban J connectivity index is 2.17. The third-order valence-electron chi connectivity index (χ3n) is 3.34. The van der Waals surface area contributed by atoms with Gasteiger partial charge in [0.1, 0.15) is 11.3 Å². The number of aromatic hydroxyl groups is 1. The second-order valence-electron chi connectivity index (χ2n) is 4.86. The number of hydrogen-bond donors (Lipinski definition) is 4. The first-order valence-electron chi connectivity index (χ1n) is 6.53. The molecule has 0 aliphatic rings. The zero-order valence-electron chi connectivity index (χ0n) is 11.3. The second kappa shape index (κ2) is 6.39. The number of aliphatic hydroxyl groups is 1. The maximum atomic E-state index is 11.0. The molecule has 2 rings (SSSR count). The fourth-order valence-corrected chi connectivity index (χ4v) is 2.14. The average molecular weight is 287 g/mol. The Kier molecular flexibility index (Phi) is 4.57. The molecule has 2 atom stereocenters. The van der Waals surface area contributed by atoms with E-state index in [2.05, 4.69) is 0 Å². The van der Waals surface area contributed by atoms with Gasteiger partial charge in [0.2, 0.25) is 0 Å². The van der Waals surface area contributed by atoms with E-state index in [-0.39, 0.29) is 11.3 Å². The highest BCUT2D eigenvalue weighted by Crippen LogP contribution is 2.24. The van der Waals surface area contributed by atoms with Gasteiger partial charge in [-0.1, -0.05) is 36.4 Å². The predicted octanol–water partition coefficient (Wildman–Crippen LogP) is 1.69. The number of phenols is 1. The molecule has 5 N–H and O–H groups in total. The molecular weight excluding hydrogens is 270 g/mol. The highest BCUT2D eigenvalue weighted by atomic mass is 16.4. The van der Waals surface area contributed by atoms with Crippen molar-refractivity contribution in [2.24, 2.45) is 5.73 Å². The molecule has 0 amide bonds. The summed E-state index contributed by atoms with van der Waals surface area (Å²) in [6.07, 6.45) is -0.482. The maximum Gasteiger partial charge on any atom is 0.339 e. The van der Waals surface area contributed by atoms with Crippen LogP contribution in [0.15, 0.2) is 48.5 Å². The molecule has 0 aromatic heterocycles. The monoisotopic (exact) mass is 287 g/mol. The first kappa shape index (κ1) is 15.0. The standard InChI is InChI=1S/C16H17NO4/c17-15(14(19)8-10-4-2-1-3-5-10)11-6-7-13(18)12(9-11)16(20)21/h1-7,9,14-15,18-19H,8,17H2,(H,20,21)/t14-,15+/m0/s1. The van der Waals surface area contributed by atoms with Crippen molar-refractivity contribution in [3.05, 3.63) is 65.2 Å². The van der Waals surface area contributed by atoms with Gasteiger partial charge in [0, 0.05) is 6.42 Å². The fraction of sp³-hybridized carbons (Fsp3) is 0.188. The lowest BCUT2D eigenvalue weighted by atomic mass is 9.95. The Labute approximate surface area is 122 Å². The molecule has 0 fully saturated rings. The summed E-state index contributed by atoms with van der Waals surface area (Å²) in [4.78, 5) is 11.0. The van der Waals surface area contributed by atoms with Crippen molar-refractivity contribution in [1.82, 2.24) is 0 Å². The van der Waals surface area contributed by atoms with E-state index in [9.17, 15) is 15.0 Å². The minimum atomic E-state index is -1.24. The molecule has 110 valence electrons. The molecule has 0 spiro atoms. The predicted molar refractivity (Wildman–Crippen MR) is 78.1 cm³/mol. The second-order valence-corrected chi connectivity index (χ2v) is 4.86. The summed E-state index contributed by atoms with van der Waals surface area (Å²) in [5.41, 5.74) is 7.16. The maximum absolute atomic E-state index is 11.0. The van der Waals surface area contributed by atoms with Gasteiger partial charge in [-0.15, -0.1) is 0 Å². The third kappa shape index (κ3) is 3.59. The lowest BCUT2D eigenvalue weighted by Crippen LogP contribution is -2.28. The van der Waals surface area contributed by atoms with Gasteiger partial charge in [-0.3, -0.25) is 0 Å². The van der Waals surface area contributed by atoms with Crippen molar-refractivity contribution >= 4 is 5.97 Å². The highest BCUT2D eigenvalue weighted by molar-refractivity contribution is 5.90.